The summed E-state index contributed by atoms with van der Waals surface area (Å²) in [7, 11) is 1.68. The zero-order valence-electron chi connectivity index (χ0n) is 12.7. The molecular formula is C18H19BrO3. The van der Waals surface area contributed by atoms with Crippen LogP contribution in [0.25, 0.3) is 10.8 Å². The number of hydrogen-bond donors (Lipinski definition) is 0. The van der Waals surface area contributed by atoms with Crippen molar-refractivity contribution in [3.05, 3.63) is 54.1 Å². The van der Waals surface area contributed by atoms with Gasteiger partial charge in [-0.3, -0.25) is 0 Å². The number of halogens is 1. The Bertz CT molecular complexity index is 684. The van der Waals surface area contributed by atoms with Crippen molar-refractivity contribution < 1.29 is 14.2 Å². The summed E-state index contributed by atoms with van der Waals surface area (Å²) in [5.74, 6) is 0.0763. The molecule has 0 aromatic heterocycles. The van der Waals surface area contributed by atoms with Crippen LogP contribution in [0.5, 0.6) is 5.75 Å². The van der Waals surface area contributed by atoms with Gasteiger partial charge in [-0.25, -0.2) is 0 Å². The van der Waals surface area contributed by atoms with Crippen LogP contribution < -0.4 is 4.74 Å². The summed E-state index contributed by atoms with van der Waals surface area (Å²) in [6, 6.07) is 12.3. The molecule has 2 aromatic rings. The third kappa shape index (κ3) is 2.78. The smallest absolute Gasteiger partial charge is 0.208 e. The minimum absolute atomic E-state index is 0.0237. The van der Waals surface area contributed by atoms with Crippen molar-refractivity contribution in [2.75, 3.05) is 20.3 Å². The maximum atomic E-state index is 6.05. The highest BCUT2D eigenvalue weighted by molar-refractivity contribution is 9.09. The summed E-state index contributed by atoms with van der Waals surface area (Å²) in [6.07, 6.45) is 3.98. The van der Waals surface area contributed by atoms with Gasteiger partial charge in [0.05, 0.1) is 25.2 Å². The Kier molecular flexibility index (Phi) is 4.52. The number of methoxy groups -OCH3 is 1. The molecule has 22 heavy (non-hydrogen) atoms. The van der Waals surface area contributed by atoms with Crippen molar-refractivity contribution in [3.63, 3.8) is 0 Å². The molecule has 0 bridgehead atoms. The number of ether oxygens (including phenoxy) is 3. The quantitative estimate of drug-likeness (QED) is 0.598. The molecule has 2 aromatic carbocycles. The van der Waals surface area contributed by atoms with Crippen molar-refractivity contribution in [2.45, 2.75) is 17.5 Å². The van der Waals surface area contributed by atoms with Gasteiger partial charge in [-0.1, -0.05) is 46.3 Å². The zero-order chi connectivity index (χ0) is 15.6. The number of fused-ring (bicyclic) bond motifs is 1. The Hall–Kier alpha value is -1.36. The van der Waals surface area contributed by atoms with Gasteiger partial charge in [0.2, 0.25) is 5.79 Å². The van der Waals surface area contributed by atoms with Gasteiger partial charge in [0.25, 0.3) is 0 Å². The molecule has 1 atom stereocenters. The van der Waals surface area contributed by atoms with Crippen LogP contribution in [0.1, 0.15) is 12.5 Å². The Labute approximate surface area is 139 Å². The molecule has 4 heteroatoms. The van der Waals surface area contributed by atoms with Crippen molar-refractivity contribution >= 4 is 26.7 Å². The highest BCUT2D eigenvalue weighted by atomic mass is 79.9. The van der Waals surface area contributed by atoms with E-state index in [1.165, 1.54) is 0 Å². The van der Waals surface area contributed by atoms with Gasteiger partial charge in [-0.15, -0.1) is 0 Å². The van der Waals surface area contributed by atoms with Gasteiger partial charge in [0.15, 0.2) is 0 Å². The molecule has 3 nitrogen and oxygen atoms in total. The number of rotatable bonds is 3. The van der Waals surface area contributed by atoms with E-state index in [9.17, 15) is 0 Å². The third-order valence-electron chi connectivity index (χ3n) is 3.93. The van der Waals surface area contributed by atoms with Crippen molar-refractivity contribution in [1.82, 2.24) is 0 Å². The van der Waals surface area contributed by atoms with Crippen LogP contribution in [0, 0.1) is 0 Å². The van der Waals surface area contributed by atoms with Crippen molar-refractivity contribution in [3.8, 4) is 5.75 Å². The van der Waals surface area contributed by atoms with Crippen LogP contribution in [0.15, 0.2) is 48.6 Å². The minimum Gasteiger partial charge on any atom is -0.497 e. The van der Waals surface area contributed by atoms with E-state index in [1.54, 1.807) is 7.11 Å². The molecule has 3 rings (SSSR count). The predicted molar refractivity (Wildman–Crippen MR) is 91.6 cm³/mol. The fraction of sp³-hybridized carbons (Fsp3) is 0.333. The lowest BCUT2D eigenvalue weighted by Crippen LogP contribution is -2.40. The second kappa shape index (κ2) is 6.41. The summed E-state index contributed by atoms with van der Waals surface area (Å²) in [5.41, 5.74) is 1.01. The van der Waals surface area contributed by atoms with Gasteiger partial charge in [0.1, 0.15) is 5.75 Å². The standard InChI is InChI=1S/C18H19BrO3/c1-13(19)18(21-9-3-4-10-22-18)16-7-5-15-12-17(20-2)8-6-14(15)11-16/h3-8,11-13H,9-10H2,1-2H3. The summed E-state index contributed by atoms with van der Waals surface area (Å²) < 4.78 is 17.4. The van der Waals surface area contributed by atoms with Crippen molar-refractivity contribution in [1.29, 1.82) is 0 Å². The molecule has 116 valence electrons. The van der Waals surface area contributed by atoms with Gasteiger partial charge in [-0.05, 0) is 35.9 Å². The van der Waals surface area contributed by atoms with E-state index < -0.39 is 5.79 Å². The lowest BCUT2D eigenvalue weighted by atomic mass is 9.98. The van der Waals surface area contributed by atoms with Crippen LogP contribution in [0.4, 0.5) is 0 Å². The Morgan fingerprint density at radius 2 is 1.68 bits per heavy atom. The topological polar surface area (TPSA) is 27.7 Å². The van der Waals surface area contributed by atoms with Gasteiger partial charge in [0, 0.05) is 5.56 Å². The van der Waals surface area contributed by atoms with E-state index in [0.717, 1.165) is 22.1 Å². The van der Waals surface area contributed by atoms with E-state index in [4.69, 9.17) is 14.2 Å². The molecule has 0 aliphatic carbocycles. The summed E-state index contributed by atoms with van der Waals surface area (Å²) >= 11 is 3.65. The van der Waals surface area contributed by atoms with E-state index in [-0.39, 0.29) is 4.83 Å². The Morgan fingerprint density at radius 3 is 2.32 bits per heavy atom. The Morgan fingerprint density at radius 1 is 1.05 bits per heavy atom. The number of hydrogen-bond acceptors (Lipinski definition) is 3. The maximum Gasteiger partial charge on any atom is 0.208 e. The average molecular weight is 363 g/mol. The lowest BCUT2D eigenvalue weighted by Gasteiger charge is -2.35. The van der Waals surface area contributed by atoms with Gasteiger partial charge in [-0.2, -0.15) is 0 Å². The highest BCUT2D eigenvalue weighted by Gasteiger charge is 2.39. The third-order valence-corrected chi connectivity index (χ3v) is 4.53. The first kappa shape index (κ1) is 15.5. The normalized spacial score (nSPS) is 18.9. The number of alkyl halides is 1. The van der Waals surface area contributed by atoms with Crippen LogP contribution >= 0.6 is 15.9 Å². The molecule has 1 unspecified atom stereocenters. The first-order valence-electron chi connectivity index (χ1n) is 7.31. The fourth-order valence-corrected chi connectivity index (χ4v) is 3.24. The molecule has 0 spiro atoms. The first-order chi connectivity index (χ1) is 10.7. The van der Waals surface area contributed by atoms with Crippen LogP contribution in [-0.2, 0) is 15.3 Å². The molecule has 0 radical (unpaired) electrons. The maximum absolute atomic E-state index is 6.05. The molecule has 0 saturated carbocycles. The summed E-state index contributed by atoms with van der Waals surface area (Å²) in [4.78, 5) is 0.0237. The van der Waals surface area contributed by atoms with Gasteiger partial charge < -0.3 is 14.2 Å². The average Bonchev–Trinajstić information content (AvgIpc) is 2.80. The second-order valence-electron chi connectivity index (χ2n) is 5.30. The van der Waals surface area contributed by atoms with E-state index in [2.05, 4.69) is 40.2 Å². The van der Waals surface area contributed by atoms with Crippen LogP contribution in [0.3, 0.4) is 0 Å². The first-order valence-corrected chi connectivity index (χ1v) is 8.22. The van der Waals surface area contributed by atoms with Crippen LogP contribution in [0.2, 0.25) is 0 Å². The van der Waals surface area contributed by atoms with E-state index >= 15 is 0 Å². The molecule has 1 aliphatic rings. The predicted octanol–water partition coefficient (Wildman–Crippen LogP) is 4.39. The molecule has 0 saturated heterocycles. The van der Waals surface area contributed by atoms with E-state index in [1.807, 2.05) is 31.2 Å². The zero-order valence-corrected chi connectivity index (χ0v) is 14.3. The molecule has 0 N–H and O–H groups in total. The summed E-state index contributed by atoms with van der Waals surface area (Å²) in [6.45, 7) is 3.12. The number of benzene rings is 2. The molecular weight excluding hydrogens is 344 g/mol. The monoisotopic (exact) mass is 362 g/mol. The SMILES string of the molecule is COc1ccc2cc(C3(C(C)Br)OCC=CCO3)ccc2c1. The molecule has 1 heterocycles. The largest absolute Gasteiger partial charge is 0.497 e. The molecule has 0 amide bonds. The molecule has 1 aliphatic heterocycles. The molecule has 0 fully saturated rings. The van der Waals surface area contributed by atoms with Crippen LogP contribution in [-0.4, -0.2) is 25.2 Å². The minimum atomic E-state index is -0.780. The highest BCUT2D eigenvalue weighted by Crippen LogP contribution is 2.38. The lowest BCUT2D eigenvalue weighted by molar-refractivity contribution is -0.227. The Balaban J connectivity index is 2.06. The second-order valence-corrected chi connectivity index (χ2v) is 6.68. The summed E-state index contributed by atoms with van der Waals surface area (Å²) in [5, 5.41) is 2.27. The van der Waals surface area contributed by atoms with E-state index in [0.29, 0.717) is 13.2 Å². The fourth-order valence-electron chi connectivity index (χ4n) is 2.72. The van der Waals surface area contributed by atoms with Gasteiger partial charge >= 0.3 is 0 Å². The van der Waals surface area contributed by atoms with Crippen molar-refractivity contribution in [2.24, 2.45) is 0 Å².